The van der Waals surface area contributed by atoms with Crippen molar-refractivity contribution < 1.29 is 4.79 Å². The molecule has 5 nitrogen and oxygen atoms in total. The lowest BCUT2D eigenvalue weighted by Gasteiger charge is -2.26. The number of allylic oxidation sites excluding steroid dienone is 3. The van der Waals surface area contributed by atoms with Crippen molar-refractivity contribution in [1.29, 1.82) is 0 Å². The minimum absolute atomic E-state index is 0.0110. The highest BCUT2D eigenvalue weighted by atomic mass is 32.2. The molecule has 3 heterocycles. The van der Waals surface area contributed by atoms with Crippen LogP contribution in [-0.2, 0) is 0 Å². The van der Waals surface area contributed by atoms with Crippen LogP contribution in [0.1, 0.15) is 42.4 Å². The maximum Gasteiger partial charge on any atom is 0.274 e. The van der Waals surface area contributed by atoms with Gasteiger partial charge in [-0.05, 0) is 38.0 Å². The van der Waals surface area contributed by atoms with Crippen LogP contribution < -0.4 is 0 Å². The minimum Gasteiger partial charge on any atom is -0.337 e. The van der Waals surface area contributed by atoms with Crippen molar-refractivity contribution in [1.82, 2.24) is 19.3 Å². The third-order valence-electron chi connectivity index (χ3n) is 4.29. The monoisotopic (exact) mass is 342 g/mol. The molecule has 0 unspecified atom stereocenters. The molecule has 3 rings (SSSR count). The Kier molecular flexibility index (Phi) is 5.04. The number of fused-ring (bicyclic) bond motifs is 1. The van der Waals surface area contributed by atoms with E-state index in [9.17, 15) is 4.79 Å². The van der Waals surface area contributed by atoms with Crippen LogP contribution in [0.2, 0.25) is 0 Å². The Morgan fingerprint density at radius 1 is 1.33 bits per heavy atom. The van der Waals surface area contributed by atoms with Crippen LogP contribution in [0.3, 0.4) is 0 Å². The van der Waals surface area contributed by atoms with Crippen molar-refractivity contribution in [3.05, 3.63) is 42.5 Å². The zero-order valence-electron chi connectivity index (χ0n) is 14.2. The van der Waals surface area contributed by atoms with E-state index >= 15 is 0 Å². The van der Waals surface area contributed by atoms with Crippen molar-refractivity contribution in [3.8, 4) is 0 Å². The van der Waals surface area contributed by atoms with Gasteiger partial charge in [0.1, 0.15) is 10.7 Å². The number of carbonyl (C=O) groups is 1. The summed E-state index contributed by atoms with van der Waals surface area (Å²) in [6.07, 6.45) is 12.6. The van der Waals surface area contributed by atoms with Crippen LogP contribution in [0.5, 0.6) is 0 Å². The molecule has 0 saturated carbocycles. The topological polar surface area (TPSA) is 50.5 Å². The summed E-state index contributed by atoms with van der Waals surface area (Å²) in [5.74, 6) is 0.0110. The molecule has 0 radical (unpaired) electrons. The lowest BCUT2D eigenvalue weighted by Crippen LogP contribution is -2.36. The Morgan fingerprint density at radius 2 is 2.08 bits per heavy atom. The second-order valence-corrected chi connectivity index (χ2v) is 6.71. The summed E-state index contributed by atoms with van der Waals surface area (Å²) in [5, 5.41) is 0.774. The minimum atomic E-state index is 0.0110. The molecule has 126 valence electrons. The zero-order chi connectivity index (χ0) is 17.1. The molecule has 0 atom stereocenters. The largest absolute Gasteiger partial charge is 0.337 e. The molecular weight excluding hydrogens is 320 g/mol. The smallest absolute Gasteiger partial charge is 0.274 e. The Bertz CT molecular complexity index is 803. The maximum absolute atomic E-state index is 12.8. The van der Waals surface area contributed by atoms with E-state index in [2.05, 4.69) is 16.5 Å². The van der Waals surface area contributed by atoms with Crippen molar-refractivity contribution in [3.63, 3.8) is 0 Å². The van der Waals surface area contributed by atoms with Crippen molar-refractivity contribution in [2.45, 2.75) is 31.2 Å². The first-order valence-corrected chi connectivity index (χ1v) is 9.39. The Hall–Kier alpha value is -2.08. The molecule has 1 aliphatic rings. The fourth-order valence-electron chi connectivity index (χ4n) is 3.01. The highest BCUT2D eigenvalue weighted by molar-refractivity contribution is 7.98. The van der Waals surface area contributed by atoms with Gasteiger partial charge in [-0.1, -0.05) is 18.7 Å². The lowest BCUT2D eigenvalue weighted by atomic mass is 10.1. The number of rotatable bonds is 4. The first kappa shape index (κ1) is 16.8. The van der Waals surface area contributed by atoms with Crippen LogP contribution in [-0.4, -0.2) is 44.5 Å². The molecule has 0 aromatic carbocycles. The summed E-state index contributed by atoms with van der Waals surface area (Å²) in [5.41, 5.74) is 3.27. The lowest BCUT2D eigenvalue weighted by molar-refractivity contribution is 0.0717. The van der Waals surface area contributed by atoms with Gasteiger partial charge in [-0.2, -0.15) is 0 Å². The second-order valence-electron chi connectivity index (χ2n) is 5.91. The van der Waals surface area contributed by atoms with Gasteiger partial charge in [-0.15, -0.1) is 11.8 Å². The fraction of sp³-hybridized carbons (Fsp3) is 0.389. The van der Waals surface area contributed by atoms with Crippen LogP contribution >= 0.6 is 11.8 Å². The van der Waals surface area contributed by atoms with Crippen LogP contribution in [0.25, 0.3) is 11.2 Å². The number of piperidine rings is 1. The van der Waals surface area contributed by atoms with Crippen LogP contribution in [0.4, 0.5) is 0 Å². The normalized spacial score (nSPS) is 15.8. The number of carbonyl (C=O) groups excluding carboxylic acids is 1. The molecule has 2 aromatic rings. The molecule has 0 spiro atoms. The average molecular weight is 342 g/mol. The van der Waals surface area contributed by atoms with E-state index < -0.39 is 0 Å². The van der Waals surface area contributed by atoms with Gasteiger partial charge in [0.15, 0.2) is 5.65 Å². The number of thioether (sulfide) groups is 1. The number of imidazole rings is 1. The molecule has 0 bridgehead atoms. The van der Waals surface area contributed by atoms with Gasteiger partial charge in [0.25, 0.3) is 5.91 Å². The molecule has 0 aliphatic carbocycles. The Balaban J connectivity index is 2.08. The van der Waals surface area contributed by atoms with Gasteiger partial charge >= 0.3 is 0 Å². The van der Waals surface area contributed by atoms with Crippen molar-refractivity contribution in [2.75, 3.05) is 19.3 Å². The summed E-state index contributed by atoms with van der Waals surface area (Å²) < 4.78 is 1.96. The third kappa shape index (κ3) is 3.11. The summed E-state index contributed by atoms with van der Waals surface area (Å²) >= 11 is 1.51. The predicted octanol–water partition coefficient (Wildman–Crippen LogP) is 3.67. The molecule has 1 amide bonds. The van der Waals surface area contributed by atoms with E-state index in [1.165, 1.54) is 18.2 Å². The van der Waals surface area contributed by atoms with Gasteiger partial charge in [-0.3, -0.25) is 9.20 Å². The third-order valence-corrected chi connectivity index (χ3v) is 4.95. The molecule has 24 heavy (non-hydrogen) atoms. The average Bonchev–Trinajstić information content (AvgIpc) is 3.05. The number of aromatic nitrogens is 3. The van der Waals surface area contributed by atoms with Gasteiger partial charge < -0.3 is 4.90 Å². The van der Waals surface area contributed by atoms with Crippen molar-refractivity contribution >= 4 is 28.9 Å². The van der Waals surface area contributed by atoms with E-state index in [0.29, 0.717) is 5.69 Å². The molecule has 0 N–H and O–H groups in total. The second kappa shape index (κ2) is 7.21. The SMILES string of the molecule is C=C/C=C(\C)c1cnc2c(SC)nc(C(=O)N3CCCCC3)cn12. The highest BCUT2D eigenvalue weighted by Crippen LogP contribution is 2.24. The first-order chi connectivity index (χ1) is 11.7. The summed E-state index contributed by atoms with van der Waals surface area (Å²) in [6.45, 7) is 7.40. The zero-order valence-corrected chi connectivity index (χ0v) is 15.0. The molecule has 2 aromatic heterocycles. The first-order valence-electron chi connectivity index (χ1n) is 8.16. The van der Waals surface area contributed by atoms with E-state index in [1.807, 2.05) is 40.9 Å². The number of hydrogen-bond donors (Lipinski definition) is 0. The van der Waals surface area contributed by atoms with E-state index in [1.54, 1.807) is 6.08 Å². The fourth-order valence-corrected chi connectivity index (χ4v) is 3.54. The summed E-state index contributed by atoms with van der Waals surface area (Å²) in [4.78, 5) is 23.8. The quantitative estimate of drug-likeness (QED) is 0.628. The molecule has 6 heteroatoms. The summed E-state index contributed by atoms with van der Waals surface area (Å²) in [6, 6.07) is 0. The molecule has 1 saturated heterocycles. The van der Waals surface area contributed by atoms with Crippen LogP contribution in [0.15, 0.2) is 36.2 Å². The van der Waals surface area contributed by atoms with Gasteiger partial charge in [0.05, 0.1) is 11.9 Å². The van der Waals surface area contributed by atoms with Crippen LogP contribution in [0, 0.1) is 0 Å². The van der Waals surface area contributed by atoms with Gasteiger partial charge in [0.2, 0.25) is 0 Å². The standard InChI is InChI=1S/C18H22N4OS/c1-4-8-13(2)15-11-19-16-17(24-3)20-14(12-22(15)16)18(23)21-9-6-5-7-10-21/h4,8,11-12H,1,5-7,9-10H2,2-3H3/b13-8+. The number of nitrogens with zero attached hydrogens (tertiary/aromatic N) is 4. The van der Waals surface area contributed by atoms with Gasteiger partial charge in [0, 0.05) is 19.3 Å². The Morgan fingerprint density at radius 3 is 2.75 bits per heavy atom. The predicted molar refractivity (Wildman–Crippen MR) is 98.4 cm³/mol. The Labute approximate surface area is 146 Å². The van der Waals surface area contributed by atoms with E-state index in [-0.39, 0.29) is 5.91 Å². The summed E-state index contributed by atoms with van der Waals surface area (Å²) in [7, 11) is 0. The number of likely N-dealkylation sites (tertiary alicyclic amines) is 1. The van der Waals surface area contributed by atoms with Gasteiger partial charge in [-0.25, -0.2) is 9.97 Å². The highest BCUT2D eigenvalue weighted by Gasteiger charge is 2.22. The maximum atomic E-state index is 12.8. The molecule has 1 aliphatic heterocycles. The molecular formula is C18H22N4OS. The van der Waals surface area contributed by atoms with E-state index in [4.69, 9.17) is 0 Å². The number of hydrogen-bond acceptors (Lipinski definition) is 4. The van der Waals surface area contributed by atoms with Crippen molar-refractivity contribution in [2.24, 2.45) is 0 Å². The molecule has 1 fully saturated rings. The number of amides is 1. The van der Waals surface area contributed by atoms with E-state index in [0.717, 1.165) is 47.9 Å².